The molecule has 3 nitrogen and oxygen atoms in total. The van der Waals surface area contributed by atoms with Crippen LogP contribution < -0.4 is 5.32 Å². The minimum absolute atomic E-state index is 0.166. The van der Waals surface area contributed by atoms with Gasteiger partial charge in [0.25, 0.3) is 0 Å². The molecule has 0 fully saturated rings. The lowest BCUT2D eigenvalue weighted by Crippen LogP contribution is -2.33. The molecular weight excluding hydrogens is 238 g/mol. The van der Waals surface area contributed by atoms with E-state index in [1.807, 2.05) is 19.1 Å². The van der Waals surface area contributed by atoms with Gasteiger partial charge in [-0.2, -0.15) is 0 Å². The van der Waals surface area contributed by atoms with E-state index < -0.39 is 0 Å². The number of furan rings is 1. The van der Waals surface area contributed by atoms with Crippen molar-refractivity contribution in [2.24, 2.45) is 5.92 Å². The number of nitrogens with one attached hydrogen (secondary N) is 1. The van der Waals surface area contributed by atoms with Gasteiger partial charge in [0, 0.05) is 18.9 Å². The van der Waals surface area contributed by atoms with Gasteiger partial charge in [-0.1, -0.05) is 12.2 Å². The van der Waals surface area contributed by atoms with Crippen LogP contribution in [0.3, 0.4) is 0 Å². The van der Waals surface area contributed by atoms with Gasteiger partial charge in [0.2, 0.25) is 5.91 Å². The Bertz CT molecular complexity index is 447. The van der Waals surface area contributed by atoms with E-state index in [0.29, 0.717) is 12.3 Å². The molecule has 0 saturated heterocycles. The quantitative estimate of drug-likeness (QED) is 0.798. The summed E-state index contributed by atoms with van der Waals surface area (Å²) in [5.41, 5.74) is 0. The van der Waals surface area contributed by atoms with E-state index in [4.69, 9.17) is 4.42 Å². The van der Waals surface area contributed by atoms with E-state index in [-0.39, 0.29) is 11.9 Å². The fourth-order valence-electron chi connectivity index (χ4n) is 2.49. The summed E-state index contributed by atoms with van der Waals surface area (Å²) >= 11 is 0. The molecule has 1 aliphatic carbocycles. The molecule has 2 atom stereocenters. The number of carbonyl (C=O) groups excluding carboxylic acids is 1. The maximum atomic E-state index is 11.9. The fraction of sp³-hybridized carbons (Fsp3) is 0.562. The third-order valence-corrected chi connectivity index (χ3v) is 3.59. The lowest BCUT2D eigenvalue weighted by atomic mass is 10.0. The van der Waals surface area contributed by atoms with Gasteiger partial charge in [0.05, 0.1) is 0 Å². The third kappa shape index (κ3) is 4.58. The Morgan fingerprint density at radius 1 is 1.53 bits per heavy atom. The molecule has 1 aliphatic rings. The molecule has 1 aromatic heterocycles. The lowest BCUT2D eigenvalue weighted by Gasteiger charge is -2.14. The Hall–Kier alpha value is -1.51. The summed E-state index contributed by atoms with van der Waals surface area (Å²) in [5.74, 6) is 2.55. The second-order valence-electron chi connectivity index (χ2n) is 5.49. The first-order valence-corrected chi connectivity index (χ1v) is 7.15. The zero-order valence-electron chi connectivity index (χ0n) is 11.8. The highest BCUT2D eigenvalue weighted by Crippen LogP contribution is 2.20. The predicted molar refractivity (Wildman–Crippen MR) is 75.9 cm³/mol. The van der Waals surface area contributed by atoms with E-state index in [2.05, 4.69) is 24.4 Å². The molecule has 0 unspecified atom stereocenters. The van der Waals surface area contributed by atoms with Crippen LogP contribution in [0.1, 0.15) is 44.1 Å². The SMILES string of the molecule is Cc1ccc(CC[C@H](C)NC(=O)C[C@@H]2C=CCC2)o1. The van der Waals surface area contributed by atoms with Crippen LogP contribution in [-0.2, 0) is 11.2 Å². The molecule has 19 heavy (non-hydrogen) atoms. The highest BCUT2D eigenvalue weighted by molar-refractivity contribution is 5.76. The molecule has 0 radical (unpaired) electrons. The molecule has 104 valence electrons. The first-order chi connectivity index (χ1) is 9.13. The van der Waals surface area contributed by atoms with Gasteiger partial charge in [-0.05, 0) is 51.2 Å². The van der Waals surface area contributed by atoms with Crippen molar-refractivity contribution >= 4 is 5.91 Å². The van der Waals surface area contributed by atoms with Gasteiger partial charge < -0.3 is 9.73 Å². The van der Waals surface area contributed by atoms with Crippen molar-refractivity contribution in [2.45, 2.75) is 52.0 Å². The van der Waals surface area contributed by atoms with Crippen LogP contribution in [0.5, 0.6) is 0 Å². The Labute approximate surface area is 115 Å². The zero-order chi connectivity index (χ0) is 13.7. The summed E-state index contributed by atoms with van der Waals surface area (Å²) < 4.78 is 5.52. The Morgan fingerprint density at radius 2 is 2.37 bits per heavy atom. The average molecular weight is 261 g/mol. The highest BCUT2D eigenvalue weighted by Gasteiger charge is 2.15. The van der Waals surface area contributed by atoms with Crippen LogP contribution in [0.4, 0.5) is 0 Å². The zero-order valence-corrected chi connectivity index (χ0v) is 11.8. The number of rotatable bonds is 6. The number of hydrogen-bond donors (Lipinski definition) is 1. The minimum Gasteiger partial charge on any atom is -0.466 e. The van der Waals surface area contributed by atoms with Crippen molar-refractivity contribution in [3.63, 3.8) is 0 Å². The summed E-state index contributed by atoms with van der Waals surface area (Å²) in [6, 6.07) is 4.18. The van der Waals surface area contributed by atoms with Gasteiger partial charge in [0.15, 0.2) is 0 Å². The van der Waals surface area contributed by atoms with E-state index in [1.165, 1.54) is 0 Å². The maximum Gasteiger partial charge on any atom is 0.220 e. The molecule has 0 saturated carbocycles. The molecule has 1 heterocycles. The van der Waals surface area contributed by atoms with Crippen molar-refractivity contribution in [1.29, 1.82) is 0 Å². The van der Waals surface area contributed by atoms with Crippen molar-refractivity contribution in [1.82, 2.24) is 5.32 Å². The number of carbonyl (C=O) groups is 1. The highest BCUT2D eigenvalue weighted by atomic mass is 16.3. The van der Waals surface area contributed by atoms with Gasteiger partial charge >= 0.3 is 0 Å². The summed E-state index contributed by atoms with van der Waals surface area (Å²) in [5, 5.41) is 3.07. The van der Waals surface area contributed by atoms with Crippen molar-refractivity contribution < 1.29 is 9.21 Å². The standard InChI is InChI=1S/C16H23NO2/c1-12(7-9-15-10-8-13(2)19-15)17-16(18)11-14-5-3-4-6-14/h3,5,8,10,12,14H,4,6-7,9,11H2,1-2H3,(H,17,18)/t12-,14+/m0/s1. The molecule has 1 N–H and O–H groups in total. The smallest absolute Gasteiger partial charge is 0.220 e. The molecule has 3 heteroatoms. The van der Waals surface area contributed by atoms with Crippen molar-refractivity contribution in [3.8, 4) is 0 Å². The van der Waals surface area contributed by atoms with Crippen LogP contribution in [-0.4, -0.2) is 11.9 Å². The molecule has 0 aromatic carbocycles. The first-order valence-electron chi connectivity index (χ1n) is 7.15. The maximum absolute atomic E-state index is 11.9. The van der Waals surface area contributed by atoms with Crippen molar-refractivity contribution in [2.75, 3.05) is 0 Å². The van der Waals surface area contributed by atoms with E-state index in [1.54, 1.807) is 0 Å². The Morgan fingerprint density at radius 3 is 3.00 bits per heavy atom. The van der Waals surface area contributed by atoms with Gasteiger partial charge in [-0.25, -0.2) is 0 Å². The van der Waals surface area contributed by atoms with Crippen molar-refractivity contribution in [3.05, 3.63) is 35.8 Å². The molecule has 0 bridgehead atoms. The molecular formula is C16H23NO2. The molecule has 1 aromatic rings. The second kappa shape index (κ2) is 6.60. The Balaban J connectivity index is 1.67. The molecule has 1 amide bonds. The van der Waals surface area contributed by atoms with Crippen LogP contribution in [0.2, 0.25) is 0 Å². The number of aryl methyl sites for hydroxylation is 2. The fourth-order valence-corrected chi connectivity index (χ4v) is 2.49. The van der Waals surface area contributed by atoms with Gasteiger partial charge in [-0.3, -0.25) is 4.79 Å². The monoisotopic (exact) mass is 261 g/mol. The van der Waals surface area contributed by atoms with Crippen LogP contribution in [0.25, 0.3) is 0 Å². The summed E-state index contributed by atoms with van der Waals surface area (Å²) in [4.78, 5) is 11.9. The minimum atomic E-state index is 0.166. The third-order valence-electron chi connectivity index (χ3n) is 3.59. The predicted octanol–water partition coefficient (Wildman–Crippen LogP) is 3.38. The second-order valence-corrected chi connectivity index (χ2v) is 5.49. The molecule has 2 rings (SSSR count). The lowest BCUT2D eigenvalue weighted by molar-refractivity contribution is -0.122. The summed E-state index contributed by atoms with van der Waals surface area (Å²) in [6.07, 6.45) is 8.98. The van der Waals surface area contributed by atoms with Crippen LogP contribution in [0, 0.1) is 12.8 Å². The van der Waals surface area contributed by atoms with Crippen LogP contribution in [0.15, 0.2) is 28.7 Å². The number of amides is 1. The molecule has 0 aliphatic heterocycles. The number of allylic oxidation sites excluding steroid dienone is 2. The number of hydrogen-bond acceptors (Lipinski definition) is 2. The van der Waals surface area contributed by atoms with E-state index in [9.17, 15) is 4.79 Å². The first kappa shape index (κ1) is 13.9. The van der Waals surface area contributed by atoms with Crippen LogP contribution >= 0.6 is 0 Å². The van der Waals surface area contributed by atoms with Gasteiger partial charge in [0.1, 0.15) is 11.5 Å². The van der Waals surface area contributed by atoms with E-state index in [0.717, 1.165) is 37.2 Å². The molecule has 0 spiro atoms. The average Bonchev–Trinajstić information content (AvgIpc) is 2.98. The normalized spacial score (nSPS) is 19.6. The summed E-state index contributed by atoms with van der Waals surface area (Å²) in [6.45, 7) is 4.00. The topological polar surface area (TPSA) is 42.2 Å². The van der Waals surface area contributed by atoms with Gasteiger partial charge in [-0.15, -0.1) is 0 Å². The van der Waals surface area contributed by atoms with E-state index >= 15 is 0 Å². The largest absolute Gasteiger partial charge is 0.466 e. The Kier molecular flexibility index (Phi) is 4.83. The summed E-state index contributed by atoms with van der Waals surface area (Å²) in [7, 11) is 0.